The average molecular weight is 829 g/mol. The normalized spacial score (nSPS) is 14.3. The van der Waals surface area contributed by atoms with E-state index in [1.807, 2.05) is 27.2 Å². The summed E-state index contributed by atoms with van der Waals surface area (Å²) in [6.45, 7) is 4.55. The van der Waals surface area contributed by atoms with Gasteiger partial charge in [0, 0.05) is 6.42 Å². The van der Waals surface area contributed by atoms with Gasteiger partial charge in [-0.15, -0.1) is 0 Å². The van der Waals surface area contributed by atoms with Crippen molar-refractivity contribution < 1.29 is 32.9 Å². The molecule has 57 heavy (non-hydrogen) atoms. The van der Waals surface area contributed by atoms with Crippen LogP contribution in [-0.4, -0.2) is 68.5 Å². The maximum absolute atomic E-state index is 12.8. The first kappa shape index (κ1) is 56.2. The highest BCUT2D eigenvalue weighted by Crippen LogP contribution is 2.38. The van der Waals surface area contributed by atoms with Crippen LogP contribution in [0.2, 0.25) is 0 Å². The number of phosphoric ester groups is 1. The number of likely N-dealkylation sites (N-methyl/N-ethyl adjacent to an activating group) is 1. The lowest BCUT2D eigenvalue weighted by Crippen LogP contribution is -2.45. The van der Waals surface area contributed by atoms with Gasteiger partial charge in [-0.3, -0.25) is 9.36 Å². The van der Waals surface area contributed by atoms with E-state index in [1.54, 1.807) is 6.08 Å². The van der Waals surface area contributed by atoms with Crippen LogP contribution in [0.5, 0.6) is 0 Å². The van der Waals surface area contributed by atoms with Crippen LogP contribution in [0.4, 0.5) is 0 Å². The van der Waals surface area contributed by atoms with Crippen molar-refractivity contribution in [1.29, 1.82) is 0 Å². The minimum absolute atomic E-state index is 0.000867. The van der Waals surface area contributed by atoms with Gasteiger partial charge < -0.3 is 28.8 Å². The third-order valence-electron chi connectivity index (χ3n) is 11.2. The second-order valence-electron chi connectivity index (χ2n) is 18.2. The predicted molar refractivity (Wildman–Crippen MR) is 242 cm³/mol. The van der Waals surface area contributed by atoms with E-state index in [0.717, 1.165) is 44.9 Å². The number of carbonyl (C=O) groups excluding carboxylic acids is 1. The summed E-state index contributed by atoms with van der Waals surface area (Å²) < 4.78 is 23.0. The number of rotatable bonds is 45. The number of amides is 1. The average Bonchev–Trinajstić information content (AvgIpc) is 3.16. The highest BCUT2D eigenvalue weighted by molar-refractivity contribution is 7.45. The van der Waals surface area contributed by atoms with E-state index in [1.165, 1.54) is 173 Å². The minimum Gasteiger partial charge on any atom is -0.756 e. The van der Waals surface area contributed by atoms with Crippen molar-refractivity contribution in [3.8, 4) is 0 Å². The second kappa shape index (κ2) is 40.6. The van der Waals surface area contributed by atoms with Gasteiger partial charge in [-0.1, -0.05) is 225 Å². The molecule has 0 radical (unpaired) electrons. The van der Waals surface area contributed by atoms with Crippen LogP contribution in [0.15, 0.2) is 12.2 Å². The molecule has 3 atom stereocenters. The number of hydrogen-bond donors (Lipinski definition) is 2. The standard InChI is InChI=1S/C48H97N2O6P/c1-6-8-10-12-13-14-15-16-17-18-19-20-21-22-23-24-25-26-27-28-29-30-31-32-33-34-35-36-38-40-42-48(52)49-46(47(51)41-39-37-11-9-7-2)45-56-57(53,54)55-44-43-50(3,4)5/h39,41,46-47,51H,6-38,40,42-45H2,1-5H3,(H-,49,52,53,54)/b41-39+. The Morgan fingerprint density at radius 2 is 0.947 bits per heavy atom. The molecule has 0 aliphatic heterocycles. The number of carbonyl (C=O) groups is 1. The first-order chi connectivity index (χ1) is 27.5. The molecule has 0 rings (SSSR count). The predicted octanol–water partition coefficient (Wildman–Crippen LogP) is 13.3. The molecule has 3 unspecified atom stereocenters. The number of quaternary nitrogens is 1. The lowest BCUT2D eigenvalue weighted by molar-refractivity contribution is -0.870. The van der Waals surface area contributed by atoms with Gasteiger partial charge >= 0.3 is 0 Å². The maximum atomic E-state index is 12.8. The Hall–Kier alpha value is -0.760. The van der Waals surface area contributed by atoms with E-state index in [9.17, 15) is 19.4 Å². The highest BCUT2D eigenvalue weighted by Gasteiger charge is 2.23. The zero-order chi connectivity index (χ0) is 42.1. The Kier molecular flexibility index (Phi) is 40.1. The third kappa shape index (κ3) is 43.1. The first-order valence-corrected chi connectivity index (χ1v) is 26.0. The van der Waals surface area contributed by atoms with Crippen molar-refractivity contribution in [2.75, 3.05) is 40.9 Å². The molecular weight excluding hydrogens is 732 g/mol. The largest absolute Gasteiger partial charge is 0.756 e. The number of nitrogens with zero attached hydrogens (tertiary/aromatic N) is 1. The molecule has 0 aliphatic rings. The molecule has 0 heterocycles. The first-order valence-electron chi connectivity index (χ1n) is 24.6. The Balaban J connectivity index is 3.80. The molecule has 0 bridgehead atoms. The summed E-state index contributed by atoms with van der Waals surface area (Å²) in [6.07, 6.45) is 47.7. The number of phosphoric acid groups is 1. The van der Waals surface area contributed by atoms with Crippen molar-refractivity contribution in [2.24, 2.45) is 0 Å². The molecule has 0 aromatic heterocycles. The van der Waals surface area contributed by atoms with Gasteiger partial charge in [0.25, 0.3) is 7.82 Å². The molecule has 0 aromatic carbocycles. The zero-order valence-corrected chi connectivity index (χ0v) is 39.5. The number of hydrogen-bond acceptors (Lipinski definition) is 6. The number of aliphatic hydroxyl groups excluding tert-OH is 1. The van der Waals surface area contributed by atoms with Gasteiger partial charge in [0.05, 0.1) is 39.9 Å². The Morgan fingerprint density at radius 1 is 0.596 bits per heavy atom. The second-order valence-corrected chi connectivity index (χ2v) is 19.6. The lowest BCUT2D eigenvalue weighted by Gasteiger charge is -2.29. The SMILES string of the molecule is CCCCC/C=C/C(O)C(COP(=O)([O-])OCC[N+](C)(C)C)NC(=O)CCCCCCCCCCCCCCCCCCCCCCCCCCCCCCCC. The zero-order valence-electron chi connectivity index (χ0n) is 38.6. The van der Waals surface area contributed by atoms with Crippen LogP contribution in [0.3, 0.4) is 0 Å². The highest BCUT2D eigenvalue weighted by atomic mass is 31.2. The van der Waals surface area contributed by atoms with Crippen LogP contribution in [0.25, 0.3) is 0 Å². The van der Waals surface area contributed by atoms with Crippen LogP contribution >= 0.6 is 7.82 Å². The molecule has 0 saturated heterocycles. The van der Waals surface area contributed by atoms with E-state index < -0.39 is 20.0 Å². The quantitative estimate of drug-likeness (QED) is 0.0274. The van der Waals surface area contributed by atoms with Gasteiger partial charge in [-0.2, -0.15) is 0 Å². The Labute approximate surface area is 354 Å². The number of aliphatic hydroxyl groups is 1. The van der Waals surface area contributed by atoms with Gasteiger partial charge in [-0.25, -0.2) is 0 Å². The monoisotopic (exact) mass is 829 g/mol. The summed E-state index contributed by atoms with van der Waals surface area (Å²) in [5.41, 5.74) is 0. The lowest BCUT2D eigenvalue weighted by atomic mass is 10.0. The topological polar surface area (TPSA) is 108 Å². The van der Waals surface area contributed by atoms with E-state index in [4.69, 9.17) is 9.05 Å². The van der Waals surface area contributed by atoms with Crippen molar-refractivity contribution >= 4 is 13.7 Å². The summed E-state index contributed by atoms with van der Waals surface area (Å²) in [4.78, 5) is 25.1. The van der Waals surface area contributed by atoms with Gasteiger partial charge in [0.1, 0.15) is 13.2 Å². The van der Waals surface area contributed by atoms with Crippen LogP contribution in [0.1, 0.15) is 239 Å². The fourth-order valence-electron chi connectivity index (χ4n) is 7.33. The third-order valence-corrected chi connectivity index (χ3v) is 12.2. The van der Waals surface area contributed by atoms with E-state index in [2.05, 4.69) is 19.2 Å². The van der Waals surface area contributed by atoms with Crippen molar-refractivity contribution in [2.45, 2.75) is 251 Å². The molecule has 9 heteroatoms. The molecule has 8 nitrogen and oxygen atoms in total. The summed E-state index contributed by atoms with van der Waals surface area (Å²) in [5, 5.41) is 13.6. The molecule has 2 N–H and O–H groups in total. The molecule has 0 aromatic rings. The summed E-state index contributed by atoms with van der Waals surface area (Å²) in [6, 6.07) is -0.877. The van der Waals surface area contributed by atoms with Gasteiger partial charge in [0.15, 0.2) is 0 Å². The summed E-state index contributed by atoms with van der Waals surface area (Å²) >= 11 is 0. The number of nitrogens with one attached hydrogen (secondary N) is 1. The van der Waals surface area contributed by atoms with E-state index >= 15 is 0 Å². The van der Waals surface area contributed by atoms with Crippen molar-refractivity contribution in [1.82, 2.24) is 5.32 Å². The van der Waals surface area contributed by atoms with Gasteiger partial charge in [-0.05, 0) is 19.3 Å². The molecule has 0 aliphatic carbocycles. The smallest absolute Gasteiger partial charge is 0.268 e. The molecule has 340 valence electrons. The van der Waals surface area contributed by atoms with Crippen molar-refractivity contribution in [3.63, 3.8) is 0 Å². The molecular formula is C48H97N2O6P. The molecule has 1 amide bonds. The number of allylic oxidation sites excluding steroid dienone is 1. The molecule has 0 spiro atoms. The minimum atomic E-state index is -4.57. The molecule has 0 fully saturated rings. The van der Waals surface area contributed by atoms with Crippen LogP contribution < -0.4 is 10.2 Å². The Morgan fingerprint density at radius 3 is 1.32 bits per heavy atom. The van der Waals surface area contributed by atoms with Crippen LogP contribution in [0, 0.1) is 0 Å². The van der Waals surface area contributed by atoms with Gasteiger partial charge in [0.2, 0.25) is 5.91 Å². The Bertz CT molecular complexity index is 942. The maximum Gasteiger partial charge on any atom is 0.268 e. The van der Waals surface area contributed by atoms with E-state index in [0.29, 0.717) is 17.4 Å². The number of unbranched alkanes of at least 4 members (excludes halogenated alkanes) is 32. The van der Waals surface area contributed by atoms with Crippen LogP contribution in [-0.2, 0) is 18.4 Å². The van der Waals surface area contributed by atoms with Crippen molar-refractivity contribution in [3.05, 3.63) is 12.2 Å². The molecule has 0 saturated carbocycles. The summed E-state index contributed by atoms with van der Waals surface area (Å²) in [5.74, 6) is -0.200. The fraction of sp³-hybridized carbons (Fsp3) is 0.938. The summed E-state index contributed by atoms with van der Waals surface area (Å²) in [7, 11) is 1.27. The fourth-order valence-corrected chi connectivity index (χ4v) is 8.05. The van der Waals surface area contributed by atoms with E-state index in [-0.39, 0.29) is 19.1 Å².